The minimum Gasteiger partial charge on any atom is -0.481 e. The van der Waals surface area contributed by atoms with E-state index in [1.165, 1.54) is 11.3 Å². The summed E-state index contributed by atoms with van der Waals surface area (Å²) in [6, 6.07) is 1.77. The second kappa shape index (κ2) is 4.29. The lowest BCUT2D eigenvalue weighted by Gasteiger charge is -2.13. The maximum atomic E-state index is 11.0. The summed E-state index contributed by atoms with van der Waals surface area (Å²) in [6.07, 6.45) is 0. The monoisotopic (exact) mass is 265 g/mol. The van der Waals surface area contributed by atoms with Crippen molar-refractivity contribution in [2.75, 3.05) is 13.1 Å². The number of aliphatic carboxylic acids is 1. The van der Waals surface area contributed by atoms with Gasteiger partial charge in [0.05, 0.1) is 14.6 Å². The van der Waals surface area contributed by atoms with Crippen LogP contribution in [0.5, 0.6) is 0 Å². The van der Waals surface area contributed by atoms with Crippen molar-refractivity contribution in [2.24, 2.45) is 5.92 Å². The Morgan fingerprint density at radius 2 is 2.27 bits per heavy atom. The Morgan fingerprint density at radius 3 is 2.80 bits per heavy atom. The van der Waals surface area contributed by atoms with Crippen molar-refractivity contribution in [3.8, 4) is 0 Å². The Hall–Kier alpha value is -0.290. The van der Waals surface area contributed by atoms with Crippen molar-refractivity contribution in [1.29, 1.82) is 0 Å². The third kappa shape index (κ3) is 2.13. The number of halogens is 2. The third-order valence-corrected chi connectivity index (χ3v) is 4.13. The molecular weight excluding hydrogens is 257 g/mol. The molecule has 1 saturated heterocycles. The van der Waals surface area contributed by atoms with Gasteiger partial charge in [-0.15, -0.1) is 11.3 Å². The van der Waals surface area contributed by atoms with Gasteiger partial charge in [0.15, 0.2) is 0 Å². The van der Waals surface area contributed by atoms with Gasteiger partial charge < -0.3 is 10.4 Å². The first-order valence-corrected chi connectivity index (χ1v) is 6.05. The highest BCUT2D eigenvalue weighted by Gasteiger charge is 2.35. The van der Waals surface area contributed by atoms with Crippen molar-refractivity contribution in [2.45, 2.75) is 5.92 Å². The molecule has 1 aromatic heterocycles. The predicted octanol–water partition coefficient (Wildman–Crippen LogP) is 2.44. The molecule has 2 heterocycles. The molecule has 1 fully saturated rings. The number of carboxylic acids is 1. The van der Waals surface area contributed by atoms with Crippen LogP contribution < -0.4 is 5.32 Å². The molecule has 2 unspecified atom stereocenters. The van der Waals surface area contributed by atoms with Crippen LogP contribution in [0.2, 0.25) is 8.67 Å². The highest BCUT2D eigenvalue weighted by Crippen LogP contribution is 2.39. The molecule has 0 spiro atoms. The number of rotatable bonds is 2. The largest absolute Gasteiger partial charge is 0.481 e. The van der Waals surface area contributed by atoms with E-state index < -0.39 is 11.9 Å². The van der Waals surface area contributed by atoms with Crippen LogP contribution in [0.4, 0.5) is 0 Å². The van der Waals surface area contributed by atoms with Gasteiger partial charge in [-0.1, -0.05) is 23.2 Å². The molecule has 1 aromatic rings. The van der Waals surface area contributed by atoms with Crippen molar-refractivity contribution < 1.29 is 9.90 Å². The van der Waals surface area contributed by atoms with Crippen molar-refractivity contribution in [1.82, 2.24) is 5.32 Å². The van der Waals surface area contributed by atoms with Gasteiger partial charge in [-0.25, -0.2) is 0 Å². The van der Waals surface area contributed by atoms with Gasteiger partial charge >= 0.3 is 5.97 Å². The Balaban J connectivity index is 2.30. The van der Waals surface area contributed by atoms with Gasteiger partial charge in [0.1, 0.15) is 0 Å². The molecule has 0 saturated carbocycles. The van der Waals surface area contributed by atoms with E-state index in [1.807, 2.05) is 0 Å². The SMILES string of the molecule is O=C(O)C1CNCC1c1cc(Cl)sc1Cl. The third-order valence-electron chi connectivity index (χ3n) is 2.61. The Labute approximate surface area is 101 Å². The fourth-order valence-electron chi connectivity index (χ4n) is 1.87. The number of nitrogens with one attached hydrogen (secondary N) is 1. The Morgan fingerprint density at radius 1 is 1.53 bits per heavy atom. The number of hydrogen-bond donors (Lipinski definition) is 2. The smallest absolute Gasteiger partial charge is 0.308 e. The minimum atomic E-state index is -0.789. The summed E-state index contributed by atoms with van der Waals surface area (Å²) < 4.78 is 1.20. The summed E-state index contributed by atoms with van der Waals surface area (Å²) in [5.41, 5.74) is 0.851. The zero-order valence-corrected chi connectivity index (χ0v) is 9.99. The van der Waals surface area contributed by atoms with Crippen LogP contribution in [-0.4, -0.2) is 24.2 Å². The molecule has 2 atom stereocenters. The molecule has 82 valence electrons. The second-order valence-electron chi connectivity index (χ2n) is 3.49. The van der Waals surface area contributed by atoms with E-state index in [-0.39, 0.29) is 5.92 Å². The Bertz CT molecular complexity index is 393. The topological polar surface area (TPSA) is 49.3 Å². The van der Waals surface area contributed by atoms with Crippen LogP contribution in [0.1, 0.15) is 11.5 Å². The molecule has 1 aliphatic heterocycles. The average molecular weight is 266 g/mol. The quantitative estimate of drug-likeness (QED) is 0.864. The second-order valence-corrected chi connectivity index (χ2v) is 5.77. The Kier molecular flexibility index (Phi) is 3.21. The zero-order chi connectivity index (χ0) is 11.0. The van der Waals surface area contributed by atoms with Gasteiger partial charge in [0.2, 0.25) is 0 Å². The van der Waals surface area contributed by atoms with E-state index in [0.717, 1.165) is 5.56 Å². The van der Waals surface area contributed by atoms with E-state index in [2.05, 4.69) is 5.32 Å². The fourth-order valence-corrected chi connectivity index (χ4v) is 3.47. The molecule has 0 bridgehead atoms. The first kappa shape index (κ1) is 11.2. The van der Waals surface area contributed by atoms with Crippen molar-refractivity contribution in [3.05, 3.63) is 20.3 Å². The summed E-state index contributed by atoms with van der Waals surface area (Å²) in [5, 5.41) is 12.1. The van der Waals surface area contributed by atoms with Crippen LogP contribution in [0, 0.1) is 5.92 Å². The lowest BCUT2D eigenvalue weighted by atomic mass is 9.91. The average Bonchev–Trinajstić information content (AvgIpc) is 2.71. The van der Waals surface area contributed by atoms with E-state index in [1.54, 1.807) is 6.07 Å². The van der Waals surface area contributed by atoms with Crippen LogP contribution in [0.15, 0.2) is 6.07 Å². The molecule has 0 amide bonds. The van der Waals surface area contributed by atoms with Crippen molar-refractivity contribution >= 4 is 40.5 Å². The van der Waals surface area contributed by atoms with Gasteiger partial charge in [-0.05, 0) is 11.6 Å². The number of hydrogen-bond acceptors (Lipinski definition) is 3. The maximum absolute atomic E-state index is 11.0. The molecule has 15 heavy (non-hydrogen) atoms. The zero-order valence-electron chi connectivity index (χ0n) is 7.67. The minimum absolute atomic E-state index is 0.0706. The highest BCUT2D eigenvalue weighted by molar-refractivity contribution is 7.20. The molecule has 0 aromatic carbocycles. The molecule has 2 N–H and O–H groups in total. The molecule has 0 radical (unpaired) electrons. The van der Waals surface area contributed by atoms with Crippen LogP contribution in [0.3, 0.4) is 0 Å². The molecule has 0 aliphatic carbocycles. The summed E-state index contributed by atoms with van der Waals surface area (Å²) in [7, 11) is 0. The normalized spacial score (nSPS) is 25.7. The molecule has 6 heteroatoms. The lowest BCUT2D eigenvalue weighted by Crippen LogP contribution is -2.20. The molecular formula is C9H9Cl2NO2S. The van der Waals surface area contributed by atoms with Gasteiger partial charge in [-0.3, -0.25) is 4.79 Å². The summed E-state index contributed by atoms with van der Waals surface area (Å²) in [5.74, 6) is -1.27. The first-order chi connectivity index (χ1) is 7.09. The number of carbonyl (C=O) groups is 1. The molecule has 2 rings (SSSR count). The first-order valence-electron chi connectivity index (χ1n) is 4.48. The number of thiophene rings is 1. The lowest BCUT2D eigenvalue weighted by molar-refractivity contribution is -0.141. The fraction of sp³-hybridized carbons (Fsp3) is 0.444. The molecule has 3 nitrogen and oxygen atoms in total. The molecule has 1 aliphatic rings. The summed E-state index contributed by atoms with van der Waals surface area (Å²) in [4.78, 5) is 11.0. The predicted molar refractivity (Wildman–Crippen MR) is 61.1 cm³/mol. The van der Waals surface area contributed by atoms with Crippen LogP contribution >= 0.6 is 34.5 Å². The highest BCUT2D eigenvalue weighted by atomic mass is 35.5. The van der Waals surface area contributed by atoms with Gasteiger partial charge in [0.25, 0.3) is 0 Å². The number of carboxylic acid groups (broad SMARTS) is 1. The van der Waals surface area contributed by atoms with Crippen LogP contribution in [-0.2, 0) is 4.79 Å². The maximum Gasteiger partial charge on any atom is 0.308 e. The van der Waals surface area contributed by atoms with E-state index in [0.29, 0.717) is 21.8 Å². The standard InChI is InChI=1S/C9H9Cl2NO2S/c10-7-1-4(8(11)15-7)5-2-12-3-6(5)9(13)14/h1,5-6,12H,2-3H2,(H,13,14). The van der Waals surface area contributed by atoms with Crippen LogP contribution in [0.25, 0.3) is 0 Å². The van der Waals surface area contributed by atoms with Gasteiger partial charge in [0, 0.05) is 19.0 Å². The van der Waals surface area contributed by atoms with E-state index >= 15 is 0 Å². The summed E-state index contributed by atoms with van der Waals surface area (Å²) in [6.45, 7) is 1.13. The van der Waals surface area contributed by atoms with Crippen molar-refractivity contribution in [3.63, 3.8) is 0 Å². The van der Waals surface area contributed by atoms with E-state index in [9.17, 15) is 4.79 Å². The van der Waals surface area contributed by atoms with Gasteiger partial charge in [-0.2, -0.15) is 0 Å². The summed E-state index contributed by atoms with van der Waals surface area (Å²) >= 11 is 13.1. The van der Waals surface area contributed by atoms with E-state index in [4.69, 9.17) is 28.3 Å².